The van der Waals surface area contributed by atoms with Crippen LogP contribution in [0.4, 0.5) is 5.69 Å². The van der Waals surface area contributed by atoms with Crippen molar-refractivity contribution in [3.8, 4) is 0 Å². The summed E-state index contributed by atoms with van der Waals surface area (Å²) in [4.78, 5) is 18.3. The number of rotatable bonds is 1. The maximum Gasteiger partial charge on any atom is 0.258 e. The van der Waals surface area contributed by atoms with Gasteiger partial charge >= 0.3 is 0 Å². The molecule has 0 aliphatic carbocycles. The van der Waals surface area contributed by atoms with Crippen LogP contribution in [-0.4, -0.2) is 17.4 Å². The molecule has 1 aromatic carbocycles. The van der Waals surface area contributed by atoms with Gasteiger partial charge in [0.1, 0.15) is 0 Å². The molecule has 0 atom stereocenters. The Balaban J connectivity index is 2.00. The fraction of sp³-hybridized carbons (Fsp3) is 0.143. The number of benzene rings is 1. The number of halogens is 2. The molecule has 0 fully saturated rings. The van der Waals surface area contributed by atoms with Gasteiger partial charge in [-0.05, 0) is 52.2 Å². The molecule has 0 saturated heterocycles. The second-order valence-corrected chi connectivity index (χ2v) is 5.72. The number of carbonyl (C=O) groups is 1. The fourth-order valence-corrected chi connectivity index (χ4v) is 2.80. The van der Waals surface area contributed by atoms with E-state index in [1.165, 1.54) is 0 Å². The highest BCUT2D eigenvalue weighted by Crippen LogP contribution is 2.27. The predicted octanol–water partition coefficient (Wildman–Crippen LogP) is 3.70. The first-order chi connectivity index (χ1) is 9.15. The Bertz CT molecular complexity index is 660. The van der Waals surface area contributed by atoms with Crippen LogP contribution in [0, 0.1) is 0 Å². The summed E-state index contributed by atoms with van der Waals surface area (Å²) in [6.45, 7) is 0.643. The normalized spacial score (nSPS) is 14.4. The predicted molar refractivity (Wildman–Crippen MR) is 78.8 cm³/mol. The Kier molecular flexibility index (Phi) is 3.29. The molecule has 2 aromatic rings. The first-order valence-corrected chi connectivity index (χ1v) is 7.03. The SMILES string of the molecule is O=C1c2ccc(Cl)cc2CCN1c1cncc(Br)c1. The molecule has 0 bridgehead atoms. The average Bonchev–Trinajstić information content (AvgIpc) is 2.39. The number of pyridine rings is 1. The summed E-state index contributed by atoms with van der Waals surface area (Å²) in [6.07, 6.45) is 4.20. The van der Waals surface area contributed by atoms with Crippen LogP contribution in [-0.2, 0) is 6.42 Å². The highest BCUT2D eigenvalue weighted by atomic mass is 79.9. The van der Waals surface area contributed by atoms with Crippen LogP contribution in [0.5, 0.6) is 0 Å². The average molecular weight is 338 g/mol. The molecule has 1 amide bonds. The van der Waals surface area contributed by atoms with Gasteiger partial charge in [-0.3, -0.25) is 9.78 Å². The van der Waals surface area contributed by atoms with Crippen molar-refractivity contribution in [2.45, 2.75) is 6.42 Å². The van der Waals surface area contributed by atoms with Gasteiger partial charge in [-0.25, -0.2) is 0 Å². The van der Waals surface area contributed by atoms with E-state index in [4.69, 9.17) is 11.6 Å². The second-order valence-electron chi connectivity index (χ2n) is 4.37. The quantitative estimate of drug-likeness (QED) is 0.795. The molecule has 0 unspecified atom stereocenters. The number of fused-ring (bicyclic) bond motifs is 1. The van der Waals surface area contributed by atoms with E-state index in [-0.39, 0.29) is 5.91 Å². The number of anilines is 1. The van der Waals surface area contributed by atoms with Gasteiger partial charge in [-0.15, -0.1) is 0 Å². The minimum atomic E-state index is -0.00202. The molecule has 0 spiro atoms. The standard InChI is InChI=1S/C14H10BrClN2O/c15-10-6-12(8-17-7-10)18-4-3-9-5-11(16)1-2-13(9)14(18)19/h1-2,5-8H,3-4H2. The lowest BCUT2D eigenvalue weighted by atomic mass is 9.99. The molecule has 0 N–H and O–H groups in total. The van der Waals surface area contributed by atoms with Gasteiger partial charge in [0.2, 0.25) is 0 Å². The van der Waals surface area contributed by atoms with E-state index in [1.54, 1.807) is 29.4 Å². The van der Waals surface area contributed by atoms with Crippen molar-refractivity contribution in [1.29, 1.82) is 0 Å². The minimum Gasteiger partial charge on any atom is -0.306 e. The third kappa shape index (κ3) is 2.38. The Hall–Kier alpha value is -1.39. The van der Waals surface area contributed by atoms with Crippen molar-refractivity contribution in [2.24, 2.45) is 0 Å². The van der Waals surface area contributed by atoms with Gasteiger partial charge in [0.05, 0.1) is 11.9 Å². The first-order valence-electron chi connectivity index (χ1n) is 5.86. The minimum absolute atomic E-state index is 0.00202. The Morgan fingerprint density at radius 1 is 1.26 bits per heavy atom. The lowest BCUT2D eigenvalue weighted by Crippen LogP contribution is -2.37. The second kappa shape index (κ2) is 4.94. The summed E-state index contributed by atoms with van der Waals surface area (Å²) in [5, 5.41) is 0.670. The van der Waals surface area contributed by atoms with E-state index in [0.29, 0.717) is 11.6 Å². The molecule has 0 radical (unpaired) electrons. The summed E-state index contributed by atoms with van der Waals surface area (Å²) in [5.41, 5.74) is 2.53. The van der Waals surface area contributed by atoms with Gasteiger partial charge in [-0.1, -0.05) is 11.6 Å². The Morgan fingerprint density at radius 2 is 2.11 bits per heavy atom. The number of aromatic nitrogens is 1. The first kappa shape index (κ1) is 12.6. The molecule has 3 nitrogen and oxygen atoms in total. The largest absolute Gasteiger partial charge is 0.306 e. The number of hydrogen-bond donors (Lipinski definition) is 0. The Morgan fingerprint density at radius 3 is 2.89 bits per heavy atom. The zero-order valence-corrected chi connectivity index (χ0v) is 12.3. The number of amides is 1. The van der Waals surface area contributed by atoms with Crippen LogP contribution in [0.15, 0.2) is 41.1 Å². The van der Waals surface area contributed by atoms with Gasteiger partial charge in [-0.2, -0.15) is 0 Å². The summed E-state index contributed by atoms with van der Waals surface area (Å²) < 4.78 is 0.861. The van der Waals surface area contributed by atoms with E-state index in [9.17, 15) is 4.79 Å². The Labute approximate surface area is 124 Å². The zero-order valence-electron chi connectivity index (χ0n) is 9.94. The van der Waals surface area contributed by atoms with Crippen LogP contribution in [0.25, 0.3) is 0 Å². The van der Waals surface area contributed by atoms with Crippen LogP contribution in [0.1, 0.15) is 15.9 Å². The number of hydrogen-bond acceptors (Lipinski definition) is 2. The van der Waals surface area contributed by atoms with Crippen LogP contribution < -0.4 is 4.90 Å². The summed E-state index contributed by atoms with van der Waals surface area (Å²) in [6, 6.07) is 7.30. The molecular weight excluding hydrogens is 328 g/mol. The van der Waals surface area contributed by atoms with Crippen LogP contribution >= 0.6 is 27.5 Å². The van der Waals surface area contributed by atoms with Gasteiger partial charge in [0.15, 0.2) is 0 Å². The third-order valence-corrected chi connectivity index (χ3v) is 3.82. The van der Waals surface area contributed by atoms with Crippen LogP contribution in [0.2, 0.25) is 5.02 Å². The molecule has 1 aromatic heterocycles. The third-order valence-electron chi connectivity index (χ3n) is 3.15. The van der Waals surface area contributed by atoms with Crippen molar-refractivity contribution in [2.75, 3.05) is 11.4 Å². The van der Waals surface area contributed by atoms with E-state index in [1.807, 2.05) is 12.1 Å². The maximum absolute atomic E-state index is 12.5. The van der Waals surface area contributed by atoms with Crippen molar-refractivity contribution < 1.29 is 4.79 Å². The van der Waals surface area contributed by atoms with E-state index >= 15 is 0 Å². The highest BCUT2D eigenvalue weighted by Gasteiger charge is 2.25. The smallest absolute Gasteiger partial charge is 0.258 e. The summed E-state index contributed by atoms with van der Waals surface area (Å²) >= 11 is 9.33. The monoisotopic (exact) mass is 336 g/mol. The van der Waals surface area contributed by atoms with E-state index in [0.717, 1.165) is 27.7 Å². The lowest BCUT2D eigenvalue weighted by molar-refractivity contribution is 0.0980. The maximum atomic E-state index is 12.5. The summed E-state index contributed by atoms with van der Waals surface area (Å²) in [5.74, 6) is -0.00202. The highest BCUT2D eigenvalue weighted by molar-refractivity contribution is 9.10. The van der Waals surface area contributed by atoms with E-state index < -0.39 is 0 Å². The lowest BCUT2D eigenvalue weighted by Gasteiger charge is -2.28. The topological polar surface area (TPSA) is 33.2 Å². The van der Waals surface area contributed by atoms with Crippen molar-refractivity contribution in [1.82, 2.24) is 4.98 Å². The fourth-order valence-electron chi connectivity index (χ4n) is 2.25. The molecule has 5 heteroatoms. The summed E-state index contributed by atoms with van der Waals surface area (Å²) in [7, 11) is 0. The zero-order chi connectivity index (χ0) is 13.4. The molecule has 1 aliphatic rings. The van der Waals surface area contributed by atoms with Crippen molar-refractivity contribution in [3.63, 3.8) is 0 Å². The molecule has 3 rings (SSSR count). The van der Waals surface area contributed by atoms with Gasteiger partial charge in [0.25, 0.3) is 5.91 Å². The molecular formula is C14H10BrClN2O. The van der Waals surface area contributed by atoms with Crippen LogP contribution in [0.3, 0.4) is 0 Å². The molecule has 0 saturated carbocycles. The van der Waals surface area contributed by atoms with Gasteiger partial charge in [0, 0.05) is 27.8 Å². The molecule has 2 heterocycles. The number of carbonyl (C=O) groups excluding carboxylic acids is 1. The van der Waals surface area contributed by atoms with Gasteiger partial charge < -0.3 is 4.90 Å². The molecule has 19 heavy (non-hydrogen) atoms. The molecule has 96 valence electrons. The molecule has 1 aliphatic heterocycles. The number of nitrogens with zero attached hydrogens (tertiary/aromatic N) is 2. The van der Waals surface area contributed by atoms with E-state index in [2.05, 4.69) is 20.9 Å². The van der Waals surface area contributed by atoms with Crippen molar-refractivity contribution in [3.05, 3.63) is 57.3 Å². The van der Waals surface area contributed by atoms with Crippen molar-refractivity contribution >= 4 is 39.1 Å².